The SMILES string of the molecule is O=C(Nc1ccccc1-c1csc(-c2ccccc2F)n1)c1cccnc1. The van der Waals surface area contributed by atoms with E-state index in [9.17, 15) is 9.18 Å². The van der Waals surface area contributed by atoms with E-state index in [1.807, 2.05) is 29.6 Å². The standard InChI is InChI=1S/C21H14FN3OS/c22-17-9-3-1-7-15(17)21-25-19(13-27-21)16-8-2-4-10-18(16)24-20(26)14-6-5-11-23-12-14/h1-13H,(H,24,26). The molecule has 6 heteroatoms. The number of thiazole rings is 1. The van der Waals surface area contributed by atoms with Crippen LogP contribution in [-0.4, -0.2) is 15.9 Å². The summed E-state index contributed by atoms with van der Waals surface area (Å²) < 4.78 is 14.0. The van der Waals surface area contributed by atoms with Crippen molar-refractivity contribution in [3.05, 3.63) is 89.8 Å². The van der Waals surface area contributed by atoms with E-state index in [0.29, 0.717) is 27.5 Å². The van der Waals surface area contributed by atoms with Crippen LogP contribution in [0.25, 0.3) is 21.8 Å². The molecule has 0 aliphatic carbocycles. The molecule has 2 aromatic carbocycles. The van der Waals surface area contributed by atoms with Gasteiger partial charge in [0.15, 0.2) is 0 Å². The van der Waals surface area contributed by atoms with Crippen LogP contribution in [0.1, 0.15) is 10.4 Å². The van der Waals surface area contributed by atoms with E-state index in [4.69, 9.17) is 0 Å². The van der Waals surface area contributed by atoms with Crippen LogP contribution >= 0.6 is 11.3 Å². The topological polar surface area (TPSA) is 54.9 Å². The lowest BCUT2D eigenvalue weighted by atomic mass is 10.1. The summed E-state index contributed by atoms with van der Waals surface area (Å²) in [6.45, 7) is 0. The maximum absolute atomic E-state index is 14.0. The molecule has 0 fully saturated rings. The first-order valence-corrected chi connectivity index (χ1v) is 9.11. The van der Waals surface area contributed by atoms with Crippen LogP contribution in [0.4, 0.5) is 10.1 Å². The van der Waals surface area contributed by atoms with Crippen LogP contribution in [0.5, 0.6) is 0 Å². The highest BCUT2D eigenvalue weighted by Crippen LogP contribution is 2.33. The van der Waals surface area contributed by atoms with E-state index < -0.39 is 0 Å². The summed E-state index contributed by atoms with van der Waals surface area (Å²) in [5.41, 5.74) is 3.02. The zero-order valence-corrected chi connectivity index (χ0v) is 14.9. The average Bonchev–Trinajstić information content (AvgIpc) is 3.19. The van der Waals surface area contributed by atoms with E-state index in [1.165, 1.54) is 23.6 Å². The van der Waals surface area contributed by atoms with Crippen molar-refractivity contribution in [1.82, 2.24) is 9.97 Å². The van der Waals surface area contributed by atoms with Gasteiger partial charge in [-0.05, 0) is 30.3 Å². The minimum absolute atomic E-state index is 0.250. The van der Waals surface area contributed by atoms with Crippen molar-refractivity contribution in [3.8, 4) is 21.8 Å². The Morgan fingerprint density at radius 3 is 2.52 bits per heavy atom. The van der Waals surface area contributed by atoms with Gasteiger partial charge in [-0.15, -0.1) is 11.3 Å². The normalized spacial score (nSPS) is 10.6. The van der Waals surface area contributed by atoms with Gasteiger partial charge in [-0.2, -0.15) is 0 Å². The van der Waals surface area contributed by atoms with Gasteiger partial charge in [0.25, 0.3) is 5.91 Å². The predicted octanol–water partition coefficient (Wildman–Crippen LogP) is 5.26. The molecule has 4 aromatic rings. The lowest BCUT2D eigenvalue weighted by Crippen LogP contribution is -2.12. The first-order chi connectivity index (χ1) is 13.2. The first kappa shape index (κ1) is 17.1. The molecule has 4 nitrogen and oxygen atoms in total. The summed E-state index contributed by atoms with van der Waals surface area (Å²) >= 11 is 1.36. The third-order valence-electron chi connectivity index (χ3n) is 3.98. The molecule has 0 spiro atoms. The summed E-state index contributed by atoms with van der Waals surface area (Å²) in [6, 6.07) is 17.4. The van der Waals surface area contributed by atoms with Gasteiger partial charge in [-0.3, -0.25) is 9.78 Å². The molecule has 4 rings (SSSR count). The molecule has 0 atom stereocenters. The molecule has 2 heterocycles. The van der Waals surface area contributed by atoms with E-state index in [-0.39, 0.29) is 11.7 Å². The highest BCUT2D eigenvalue weighted by atomic mass is 32.1. The van der Waals surface area contributed by atoms with Crippen molar-refractivity contribution in [1.29, 1.82) is 0 Å². The maximum Gasteiger partial charge on any atom is 0.257 e. The molecule has 0 radical (unpaired) electrons. The fourth-order valence-corrected chi connectivity index (χ4v) is 3.51. The monoisotopic (exact) mass is 375 g/mol. The largest absolute Gasteiger partial charge is 0.321 e. The second kappa shape index (κ2) is 7.47. The number of hydrogen-bond donors (Lipinski definition) is 1. The number of nitrogens with one attached hydrogen (secondary N) is 1. The number of anilines is 1. The molecule has 132 valence electrons. The van der Waals surface area contributed by atoms with Gasteiger partial charge in [-0.25, -0.2) is 9.37 Å². The third-order valence-corrected chi connectivity index (χ3v) is 4.86. The van der Waals surface area contributed by atoms with Gasteiger partial charge < -0.3 is 5.32 Å². The number of carbonyl (C=O) groups excluding carboxylic acids is 1. The molecule has 2 aromatic heterocycles. The van der Waals surface area contributed by atoms with E-state index in [1.54, 1.807) is 36.5 Å². The summed E-state index contributed by atoms with van der Waals surface area (Å²) in [7, 11) is 0. The van der Waals surface area contributed by atoms with E-state index in [0.717, 1.165) is 5.56 Å². The molecule has 0 aliphatic rings. The number of carbonyl (C=O) groups is 1. The molecular formula is C21H14FN3OS. The Balaban J connectivity index is 1.66. The Bertz CT molecular complexity index is 1100. The van der Waals surface area contributed by atoms with Crippen molar-refractivity contribution in [2.75, 3.05) is 5.32 Å². The quantitative estimate of drug-likeness (QED) is 0.529. The number of hydrogen-bond acceptors (Lipinski definition) is 4. The molecule has 0 unspecified atom stereocenters. The number of para-hydroxylation sites is 1. The summed E-state index contributed by atoms with van der Waals surface area (Å²) in [5, 5.41) is 5.35. The van der Waals surface area contributed by atoms with Crippen LogP contribution in [0.3, 0.4) is 0 Å². The summed E-state index contributed by atoms with van der Waals surface area (Å²) in [6.07, 6.45) is 3.13. The zero-order valence-electron chi connectivity index (χ0n) is 14.1. The molecule has 0 saturated heterocycles. The molecular weight excluding hydrogens is 361 g/mol. The van der Waals surface area contributed by atoms with Gasteiger partial charge >= 0.3 is 0 Å². The average molecular weight is 375 g/mol. The van der Waals surface area contributed by atoms with Crippen LogP contribution in [0, 0.1) is 5.82 Å². The minimum atomic E-state index is -0.309. The Morgan fingerprint density at radius 1 is 0.963 bits per heavy atom. The summed E-state index contributed by atoms with van der Waals surface area (Å²) in [5.74, 6) is -0.559. The first-order valence-electron chi connectivity index (χ1n) is 8.23. The second-order valence-electron chi connectivity index (χ2n) is 5.76. The highest BCUT2D eigenvalue weighted by Gasteiger charge is 2.14. The van der Waals surface area contributed by atoms with Gasteiger partial charge in [0.05, 0.1) is 16.9 Å². The fraction of sp³-hybridized carbons (Fsp3) is 0. The number of pyridine rings is 1. The lowest BCUT2D eigenvalue weighted by Gasteiger charge is -2.09. The molecule has 0 bridgehead atoms. The predicted molar refractivity (Wildman–Crippen MR) is 105 cm³/mol. The number of aromatic nitrogens is 2. The van der Waals surface area contributed by atoms with Crippen LogP contribution in [0.15, 0.2) is 78.4 Å². The fourth-order valence-electron chi connectivity index (χ4n) is 2.66. The molecule has 27 heavy (non-hydrogen) atoms. The smallest absolute Gasteiger partial charge is 0.257 e. The lowest BCUT2D eigenvalue weighted by molar-refractivity contribution is 0.102. The Hall–Kier alpha value is -3.38. The maximum atomic E-state index is 14.0. The van der Waals surface area contributed by atoms with Crippen molar-refractivity contribution in [2.24, 2.45) is 0 Å². The van der Waals surface area contributed by atoms with Gasteiger partial charge in [0.2, 0.25) is 0 Å². The Labute approximate surface area is 159 Å². The number of rotatable bonds is 4. The minimum Gasteiger partial charge on any atom is -0.321 e. The van der Waals surface area contributed by atoms with Crippen LogP contribution < -0.4 is 5.32 Å². The van der Waals surface area contributed by atoms with Crippen molar-refractivity contribution in [2.45, 2.75) is 0 Å². The van der Waals surface area contributed by atoms with Gasteiger partial charge in [0.1, 0.15) is 10.8 Å². The molecule has 0 aliphatic heterocycles. The molecule has 0 saturated carbocycles. The van der Waals surface area contributed by atoms with E-state index >= 15 is 0 Å². The third kappa shape index (κ3) is 3.61. The van der Waals surface area contributed by atoms with Crippen LogP contribution in [0.2, 0.25) is 0 Å². The van der Waals surface area contributed by atoms with Crippen LogP contribution in [-0.2, 0) is 0 Å². The second-order valence-corrected chi connectivity index (χ2v) is 6.62. The number of nitrogens with zero attached hydrogens (tertiary/aromatic N) is 2. The molecule has 1 N–H and O–H groups in total. The highest BCUT2D eigenvalue weighted by molar-refractivity contribution is 7.13. The number of benzene rings is 2. The van der Waals surface area contributed by atoms with Crippen molar-refractivity contribution < 1.29 is 9.18 Å². The molecule has 1 amide bonds. The van der Waals surface area contributed by atoms with Gasteiger partial charge in [-0.1, -0.05) is 30.3 Å². The number of amides is 1. The van der Waals surface area contributed by atoms with E-state index in [2.05, 4.69) is 15.3 Å². The zero-order chi connectivity index (χ0) is 18.6. The summed E-state index contributed by atoms with van der Waals surface area (Å²) in [4.78, 5) is 21.0. The van der Waals surface area contributed by atoms with Crippen molar-refractivity contribution >= 4 is 22.9 Å². The number of halogens is 1. The Morgan fingerprint density at radius 2 is 1.74 bits per heavy atom. The van der Waals surface area contributed by atoms with Gasteiger partial charge in [0, 0.05) is 28.9 Å². The Kier molecular flexibility index (Phi) is 4.72. The van der Waals surface area contributed by atoms with Crippen molar-refractivity contribution in [3.63, 3.8) is 0 Å².